The van der Waals surface area contributed by atoms with Gasteiger partial charge in [0.15, 0.2) is 0 Å². The Hall–Kier alpha value is -0.800. The second-order valence-corrected chi connectivity index (χ2v) is 5.04. The Morgan fingerprint density at radius 2 is 2.33 bits per heavy atom. The molecule has 0 saturated heterocycles. The van der Waals surface area contributed by atoms with Crippen molar-refractivity contribution in [1.29, 1.82) is 0 Å². The monoisotopic (exact) mass is 224 g/mol. The number of hydrogen-bond donors (Lipinski definition) is 1. The summed E-state index contributed by atoms with van der Waals surface area (Å²) in [6, 6.07) is 2.04. The fourth-order valence-electron chi connectivity index (χ4n) is 1.94. The highest BCUT2D eigenvalue weighted by atomic mass is 32.1. The SMILES string of the molecule is Cc1ccsc1C(C)(O)C1=COCCC1. The van der Waals surface area contributed by atoms with Crippen LogP contribution >= 0.6 is 11.3 Å². The molecule has 0 spiro atoms. The number of ether oxygens (including phenoxy) is 1. The topological polar surface area (TPSA) is 29.5 Å². The Morgan fingerprint density at radius 1 is 1.53 bits per heavy atom. The highest BCUT2D eigenvalue weighted by Crippen LogP contribution is 2.37. The van der Waals surface area contributed by atoms with Gasteiger partial charge in [-0.3, -0.25) is 0 Å². The van der Waals surface area contributed by atoms with E-state index in [-0.39, 0.29) is 0 Å². The number of aryl methyl sites for hydroxylation is 1. The molecule has 1 atom stereocenters. The molecular weight excluding hydrogens is 208 g/mol. The van der Waals surface area contributed by atoms with Crippen molar-refractivity contribution >= 4 is 11.3 Å². The Bertz CT molecular complexity index is 377. The predicted octanol–water partition coefficient (Wildman–Crippen LogP) is 2.96. The molecule has 1 unspecified atom stereocenters. The van der Waals surface area contributed by atoms with Crippen LogP contribution in [0.25, 0.3) is 0 Å². The minimum absolute atomic E-state index is 0.767. The summed E-state index contributed by atoms with van der Waals surface area (Å²) >= 11 is 1.60. The molecule has 0 saturated carbocycles. The summed E-state index contributed by atoms with van der Waals surface area (Å²) in [6.07, 6.45) is 3.64. The second kappa shape index (κ2) is 3.99. The van der Waals surface area contributed by atoms with Gasteiger partial charge in [-0.1, -0.05) is 0 Å². The lowest BCUT2D eigenvalue weighted by Gasteiger charge is -2.28. The lowest BCUT2D eigenvalue weighted by Crippen LogP contribution is -2.25. The number of rotatable bonds is 2. The normalized spacial score (nSPS) is 20.3. The molecular formula is C12H16O2S. The van der Waals surface area contributed by atoms with E-state index in [9.17, 15) is 5.11 Å². The van der Waals surface area contributed by atoms with Gasteiger partial charge in [0.05, 0.1) is 12.9 Å². The summed E-state index contributed by atoms with van der Waals surface area (Å²) in [6.45, 7) is 4.65. The van der Waals surface area contributed by atoms with Crippen LogP contribution in [0.3, 0.4) is 0 Å². The molecule has 1 aromatic heterocycles. The Balaban J connectivity index is 2.33. The minimum Gasteiger partial charge on any atom is -0.501 e. The van der Waals surface area contributed by atoms with E-state index in [4.69, 9.17) is 4.74 Å². The van der Waals surface area contributed by atoms with Gasteiger partial charge >= 0.3 is 0 Å². The average Bonchev–Trinajstić information content (AvgIpc) is 2.66. The van der Waals surface area contributed by atoms with Crippen LogP contribution in [0.15, 0.2) is 23.3 Å². The summed E-state index contributed by atoms with van der Waals surface area (Å²) in [7, 11) is 0. The maximum atomic E-state index is 10.5. The molecule has 2 rings (SSSR count). The second-order valence-electron chi connectivity index (χ2n) is 4.12. The maximum absolute atomic E-state index is 10.5. The standard InChI is InChI=1S/C12H16O2S/c1-9-5-7-15-11(9)12(2,13)10-4-3-6-14-8-10/h5,7-8,13H,3-4,6H2,1-2H3. The summed E-state index contributed by atoms with van der Waals surface area (Å²) < 4.78 is 5.29. The van der Waals surface area contributed by atoms with E-state index in [1.165, 1.54) is 0 Å². The smallest absolute Gasteiger partial charge is 0.120 e. The van der Waals surface area contributed by atoms with Crippen molar-refractivity contribution < 1.29 is 9.84 Å². The molecule has 0 aliphatic carbocycles. The first kappa shape index (κ1) is 10.7. The molecule has 15 heavy (non-hydrogen) atoms. The van der Waals surface area contributed by atoms with Crippen molar-refractivity contribution in [2.24, 2.45) is 0 Å². The largest absolute Gasteiger partial charge is 0.501 e. The fourth-order valence-corrected chi connectivity index (χ4v) is 2.96. The molecule has 3 heteroatoms. The Kier molecular flexibility index (Phi) is 2.85. The fraction of sp³-hybridized carbons (Fsp3) is 0.500. The first-order valence-electron chi connectivity index (χ1n) is 5.20. The molecule has 2 nitrogen and oxygen atoms in total. The summed E-state index contributed by atoms with van der Waals surface area (Å²) in [4.78, 5) is 1.03. The molecule has 1 aliphatic rings. The van der Waals surface area contributed by atoms with Gasteiger partial charge in [-0.05, 0) is 43.7 Å². The molecule has 1 aromatic rings. The Morgan fingerprint density at radius 3 is 2.87 bits per heavy atom. The summed E-state index contributed by atoms with van der Waals surface area (Å²) in [5.74, 6) is 0. The molecule has 1 N–H and O–H groups in total. The highest BCUT2D eigenvalue weighted by molar-refractivity contribution is 7.10. The lowest BCUT2D eigenvalue weighted by molar-refractivity contribution is 0.0815. The zero-order valence-corrected chi connectivity index (χ0v) is 9.93. The van der Waals surface area contributed by atoms with Crippen LogP contribution in [0.1, 0.15) is 30.2 Å². The first-order chi connectivity index (χ1) is 7.12. The van der Waals surface area contributed by atoms with Crippen LogP contribution < -0.4 is 0 Å². The van der Waals surface area contributed by atoms with Crippen LogP contribution in [0.2, 0.25) is 0 Å². The van der Waals surface area contributed by atoms with E-state index in [0.29, 0.717) is 0 Å². The van der Waals surface area contributed by atoms with E-state index in [1.807, 2.05) is 25.3 Å². The van der Waals surface area contributed by atoms with Crippen molar-refractivity contribution in [1.82, 2.24) is 0 Å². The van der Waals surface area contributed by atoms with Crippen molar-refractivity contribution in [3.8, 4) is 0 Å². The molecule has 0 amide bonds. The number of thiophene rings is 1. The van der Waals surface area contributed by atoms with Crippen LogP contribution in [0, 0.1) is 6.92 Å². The van der Waals surface area contributed by atoms with E-state index in [0.717, 1.165) is 35.5 Å². The quantitative estimate of drug-likeness (QED) is 0.837. The summed E-state index contributed by atoms with van der Waals surface area (Å²) in [5, 5.41) is 12.6. The zero-order valence-electron chi connectivity index (χ0n) is 9.12. The predicted molar refractivity (Wildman–Crippen MR) is 61.9 cm³/mol. The van der Waals surface area contributed by atoms with E-state index in [1.54, 1.807) is 17.6 Å². The van der Waals surface area contributed by atoms with Gasteiger partial charge < -0.3 is 9.84 Å². The molecule has 0 bridgehead atoms. The van der Waals surface area contributed by atoms with Gasteiger partial charge in [0.1, 0.15) is 5.60 Å². The average molecular weight is 224 g/mol. The highest BCUT2D eigenvalue weighted by Gasteiger charge is 2.31. The van der Waals surface area contributed by atoms with Gasteiger partial charge in [0.2, 0.25) is 0 Å². The van der Waals surface area contributed by atoms with Gasteiger partial charge in [-0.2, -0.15) is 0 Å². The van der Waals surface area contributed by atoms with Gasteiger partial charge in [-0.15, -0.1) is 11.3 Å². The van der Waals surface area contributed by atoms with Crippen LogP contribution in [-0.2, 0) is 10.3 Å². The zero-order chi connectivity index (χ0) is 10.9. The minimum atomic E-state index is -0.862. The number of aliphatic hydroxyl groups is 1. The van der Waals surface area contributed by atoms with Crippen LogP contribution in [0.5, 0.6) is 0 Å². The van der Waals surface area contributed by atoms with Gasteiger partial charge in [0.25, 0.3) is 0 Å². The first-order valence-corrected chi connectivity index (χ1v) is 6.08. The lowest BCUT2D eigenvalue weighted by atomic mass is 9.89. The molecule has 0 aromatic carbocycles. The molecule has 0 radical (unpaired) electrons. The van der Waals surface area contributed by atoms with Crippen LogP contribution in [-0.4, -0.2) is 11.7 Å². The molecule has 1 aliphatic heterocycles. The molecule has 82 valence electrons. The van der Waals surface area contributed by atoms with Crippen molar-refractivity contribution in [3.05, 3.63) is 33.7 Å². The molecule has 0 fully saturated rings. The van der Waals surface area contributed by atoms with E-state index >= 15 is 0 Å². The third-order valence-corrected chi connectivity index (χ3v) is 4.09. The number of hydrogen-bond acceptors (Lipinski definition) is 3. The van der Waals surface area contributed by atoms with Crippen LogP contribution in [0.4, 0.5) is 0 Å². The van der Waals surface area contributed by atoms with Gasteiger partial charge in [-0.25, -0.2) is 0 Å². The van der Waals surface area contributed by atoms with E-state index in [2.05, 4.69) is 0 Å². The van der Waals surface area contributed by atoms with Crippen molar-refractivity contribution in [3.63, 3.8) is 0 Å². The van der Waals surface area contributed by atoms with E-state index < -0.39 is 5.60 Å². The third-order valence-electron chi connectivity index (χ3n) is 2.86. The molecule has 2 heterocycles. The third kappa shape index (κ3) is 1.94. The summed E-state index contributed by atoms with van der Waals surface area (Å²) in [5.41, 5.74) is 1.27. The van der Waals surface area contributed by atoms with Crippen molar-refractivity contribution in [2.45, 2.75) is 32.3 Å². The maximum Gasteiger partial charge on any atom is 0.120 e. The van der Waals surface area contributed by atoms with Gasteiger partial charge in [0, 0.05) is 10.5 Å². The van der Waals surface area contributed by atoms with Crippen molar-refractivity contribution in [2.75, 3.05) is 6.61 Å². The Labute approximate surface area is 94.2 Å².